The van der Waals surface area contributed by atoms with Crippen LogP contribution in [0.3, 0.4) is 0 Å². The summed E-state index contributed by atoms with van der Waals surface area (Å²) < 4.78 is 2.00. The Bertz CT molecular complexity index is 1160. The van der Waals surface area contributed by atoms with Gasteiger partial charge in [-0.15, -0.1) is 11.8 Å². The molecule has 0 radical (unpaired) electrons. The van der Waals surface area contributed by atoms with Crippen molar-refractivity contribution in [1.82, 2.24) is 14.7 Å². The van der Waals surface area contributed by atoms with Crippen molar-refractivity contribution in [2.24, 2.45) is 0 Å². The Morgan fingerprint density at radius 2 is 1.79 bits per heavy atom. The van der Waals surface area contributed by atoms with Crippen molar-refractivity contribution in [3.63, 3.8) is 0 Å². The van der Waals surface area contributed by atoms with Crippen LogP contribution in [0, 0.1) is 11.8 Å². The lowest BCUT2D eigenvalue weighted by Gasteiger charge is -2.07. The van der Waals surface area contributed by atoms with Crippen molar-refractivity contribution < 1.29 is 4.79 Å². The Labute approximate surface area is 174 Å². The van der Waals surface area contributed by atoms with Gasteiger partial charge < -0.3 is 9.72 Å². The number of hydrogen-bond acceptors (Lipinski definition) is 3. The topological polar surface area (TPSA) is 46.4 Å². The number of imidazole rings is 1. The number of rotatable bonds is 5. The van der Waals surface area contributed by atoms with Gasteiger partial charge in [-0.3, -0.25) is 4.79 Å². The lowest BCUT2D eigenvalue weighted by Crippen LogP contribution is -2.24. The number of nitrogens with zero attached hydrogens (tertiary/aromatic N) is 2. The van der Waals surface area contributed by atoms with Crippen LogP contribution in [0.5, 0.6) is 0 Å². The normalized spacial score (nSPS) is 10.3. The Hall–Kier alpha value is -3.49. The van der Waals surface area contributed by atoms with Crippen LogP contribution < -0.4 is 5.32 Å². The zero-order valence-corrected chi connectivity index (χ0v) is 16.5. The van der Waals surface area contributed by atoms with Crippen molar-refractivity contribution in [3.8, 4) is 11.8 Å². The molecular weight excluding hydrogens is 378 g/mol. The maximum absolute atomic E-state index is 12.6. The van der Waals surface area contributed by atoms with E-state index in [0.29, 0.717) is 17.9 Å². The molecule has 4 nitrogen and oxygen atoms in total. The van der Waals surface area contributed by atoms with Crippen LogP contribution in [0.25, 0.3) is 5.65 Å². The van der Waals surface area contributed by atoms with Gasteiger partial charge in [0.25, 0.3) is 5.91 Å². The third-order valence-electron chi connectivity index (χ3n) is 4.26. The number of benzene rings is 2. The number of hydrogen-bond donors (Lipinski definition) is 1. The van der Waals surface area contributed by atoms with Crippen molar-refractivity contribution in [3.05, 3.63) is 102 Å². The van der Waals surface area contributed by atoms with E-state index in [1.54, 1.807) is 11.8 Å². The molecule has 4 aromatic rings. The van der Waals surface area contributed by atoms with Crippen LogP contribution in [0.4, 0.5) is 0 Å². The van der Waals surface area contributed by atoms with Crippen LogP contribution in [0.2, 0.25) is 0 Å². The van der Waals surface area contributed by atoms with Crippen molar-refractivity contribution in [1.29, 1.82) is 0 Å². The van der Waals surface area contributed by atoms with Crippen LogP contribution in [-0.4, -0.2) is 21.8 Å². The SMILES string of the molecule is O=C(NCC#Cc1ccccc1)c1ccccc1SCc1cn2ccccc2n1. The fourth-order valence-electron chi connectivity index (χ4n) is 2.88. The first-order valence-electron chi connectivity index (χ1n) is 9.26. The molecule has 0 spiro atoms. The molecular formula is C24H19N3OS. The van der Waals surface area contributed by atoms with Gasteiger partial charge in [0.05, 0.1) is 17.8 Å². The summed E-state index contributed by atoms with van der Waals surface area (Å²) in [6, 6.07) is 23.3. The van der Waals surface area contributed by atoms with Gasteiger partial charge in [-0.2, -0.15) is 0 Å². The Morgan fingerprint density at radius 3 is 2.66 bits per heavy atom. The van der Waals surface area contributed by atoms with Gasteiger partial charge >= 0.3 is 0 Å². The van der Waals surface area contributed by atoms with Crippen LogP contribution in [-0.2, 0) is 5.75 Å². The van der Waals surface area contributed by atoms with Gasteiger partial charge in [0.15, 0.2) is 0 Å². The number of carbonyl (C=O) groups is 1. The maximum Gasteiger partial charge on any atom is 0.253 e. The van der Waals surface area contributed by atoms with E-state index >= 15 is 0 Å². The van der Waals surface area contributed by atoms with Crippen LogP contribution in [0.15, 0.2) is 90.1 Å². The van der Waals surface area contributed by atoms with Gasteiger partial charge in [0.2, 0.25) is 0 Å². The van der Waals surface area contributed by atoms with Gasteiger partial charge in [-0.1, -0.05) is 48.2 Å². The molecule has 4 rings (SSSR count). The minimum atomic E-state index is -0.120. The summed E-state index contributed by atoms with van der Waals surface area (Å²) in [6.45, 7) is 0.305. The predicted molar refractivity (Wildman–Crippen MR) is 117 cm³/mol. The standard InChI is InChI=1S/C24H19N3OS/c28-24(25-15-8-11-19-9-2-1-3-10-19)21-12-4-5-13-22(21)29-18-20-17-27-16-7-6-14-23(27)26-20/h1-7,9-10,12-14,16-17H,15,18H2,(H,25,28). The third-order valence-corrected chi connectivity index (χ3v) is 5.37. The van der Waals surface area contributed by atoms with Crippen molar-refractivity contribution >= 4 is 23.3 Å². The molecule has 2 heterocycles. The lowest BCUT2D eigenvalue weighted by atomic mass is 10.2. The molecule has 0 fully saturated rings. The molecule has 0 atom stereocenters. The summed E-state index contributed by atoms with van der Waals surface area (Å²) in [5.74, 6) is 6.61. The van der Waals surface area contributed by atoms with Gasteiger partial charge in [0, 0.05) is 28.6 Å². The fraction of sp³-hybridized carbons (Fsp3) is 0.0833. The van der Waals surface area contributed by atoms with E-state index in [1.807, 2.05) is 89.6 Å². The van der Waals surface area contributed by atoms with E-state index in [1.165, 1.54) is 0 Å². The maximum atomic E-state index is 12.6. The van der Waals surface area contributed by atoms with E-state index in [2.05, 4.69) is 22.1 Å². The van der Waals surface area contributed by atoms with E-state index < -0.39 is 0 Å². The van der Waals surface area contributed by atoms with E-state index in [0.717, 1.165) is 21.8 Å². The summed E-state index contributed by atoms with van der Waals surface area (Å²) in [7, 11) is 0. The average molecular weight is 398 g/mol. The first-order chi connectivity index (χ1) is 14.3. The van der Waals surface area contributed by atoms with Gasteiger partial charge in [0.1, 0.15) is 5.65 Å². The Balaban J connectivity index is 1.39. The van der Waals surface area contributed by atoms with Crippen molar-refractivity contribution in [2.45, 2.75) is 10.6 Å². The van der Waals surface area contributed by atoms with Gasteiger partial charge in [-0.05, 0) is 36.4 Å². The highest BCUT2D eigenvalue weighted by molar-refractivity contribution is 7.98. The number of carbonyl (C=O) groups excluding carboxylic acids is 1. The summed E-state index contributed by atoms with van der Waals surface area (Å²) in [5, 5.41) is 2.88. The molecule has 5 heteroatoms. The molecule has 0 saturated carbocycles. The summed E-state index contributed by atoms with van der Waals surface area (Å²) >= 11 is 1.61. The summed E-state index contributed by atoms with van der Waals surface area (Å²) in [4.78, 5) is 18.2. The van der Waals surface area contributed by atoms with E-state index in [9.17, 15) is 4.79 Å². The molecule has 2 aromatic carbocycles. The summed E-state index contributed by atoms with van der Waals surface area (Å²) in [6.07, 6.45) is 4.00. The number of nitrogens with one attached hydrogen (secondary N) is 1. The summed E-state index contributed by atoms with van der Waals surface area (Å²) in [5.41, 5.74) is 3.49. The number of fused-ring (bicyclic) bond motifs is 1. The molecule has 1 N–H and O–H groups in total. The second-order valence-corrected chi connectivity index (χ2v) is 7.35. The number of aromatic nitrogens is 2. The second-order valence-electron chi connectivity index (χ2n) is 6.33. The largest absolute Gasteiger partial charge is 0.341 e. The number of pyridine rings is 1. The van der Waals surface area contributed by atoms with E-state index in [-0.39, 0.29) is 5.91 Å². The number of amides is 1. The minimum Gasteiger partial charge on any atom is -0.341 e. The molecule has 2 aromatic heterocycles. The minimum absolute atomic E-state index is 0.120. The number of thioether (sulfide) groups is 1. The molecule has 0 saturated heterocycles. The quantitative estimate of drug-likeness (QED) is 0.401. The highest BCUT2D eigenvalue weighted by Crippen LogP contribution is 2.26. The predicted octanol–water partition coefficient (Wildman–Crippen LogP) is 4.41. The first kappa shape index (κ1) is 18.9. The molecule has 0 unspecified atom stereocenters. The molecule has 142 valence electrons. The monoisotopic (exact) mass is 397 g/mol. The average Bonchev–Trinajstić information content (AvgIpc) is 3.19. The highest BCUT2D eigenvalue weighted by Gasteiger charge is 2.11. The molecule has 0 bridgehead atoms. The van der Waals surface area contributed by atoms with E-state index in [4.69, 9.17) is 0 Å². The first-order valence-corrected chi connectivity index (χ1v) is 10.2. The third kappa shape index (κ3) is 4.87. The molecule has 1 amide bonds. The van der Waals surface area contributed by atoms with Crippen LogP contribution in [0.1, 0.15) is 21.6 Å². The van der Waals surface area contributed by atoms with Gasteiger partial charge in [-0.25, -0.2) is 4.98 Å². The molecule has 29 heavy (non-hydrogen) atoms. The Kier molecular flexibility index (Phi) is 5.94. The molecule has 0 aliphatic rings. The lowest BCUT2D eigenvalue weighted by molar-refractivity contribution is 0.0956. The smallest absolute Gasteiger partial charge is 0.253 e. The zero-order valence-electron chi connectivity index (χ0n) is 15.7. The second kappa shape index (κ2) is 9.13. The van der Waals surface area contributed by atoms with Crippen molar-refractivity contribution in [2.75, 3.05) is 6.54 Å². The zero-order chi connectivity index (χ0) is 19.9. The molecule has 0 aliphatic heterocycles. The highest BCUT2D eigenvalue weighted by atomic mass is 32.2. The Morgan fingerprint density at radius 1 is 1.00 bits per heavy atom. The fourth-order valence-corrected chi connectivity index (χ4v) is 3.81. The molecule has 0 aliphatic carbocycles. The van der Waals surface area contributed by atoms with Crippen LogP contribution >= 0.6 is 11.8 Å².